The third-order valence-corrected chi connectivity index (χ3v) is 7.68. The molecule has 0 fully saturated rings. The normalized spacial score (nSPS) is 11.5. The number of hydrogen-bond acceptors (Lipinski definition) is 5. The average Bonchev–Trinajstić information content (AvgIpc) is 3.28. The van der Waals surface area contributed by atoms with Crippen LogP contribution in [0.4, 0.5) is 0 Å². The molecule has 4 nitrogen and oxygen atoms in total. The van der Waals surface area contributed by atoms with Gasteiger partial charge in [0.25, 0.3) is 5.56 Å². The molecule has 0 spiro atoms. The van der Waals surface area contributed by atoms with E-state index < -0.39 is 0 Å². The van der Waals surface area contributed by atoms with Crippen LogP contribution >= 0.6 is 23.1 Å². The fourth-order valence-electron chi connectivity index (χ4n) is 4.04. The standard InChI is InChI=1S/C27H19N3OS2/c1-17-11-13-19(14-12-17)22-16-33-26-23(22)27(31)30-24(28-26)20-9-5-6-10-21(20)25(29-30)32-15-18-7-3-2-4-8-18/h2-14,16H,15H2,1H3. The van der Waals surface area contributed by atoms with Gasteiger partial charge in [0.15, 0.2) is 5.65 Å². The first kappa shape index (κ1) is 20.1. The van der Waals surface area contributed by atoms with Crippen molar-refractivity contribution in [3.05, 3.63) is 106 Å². The van der Waals surface area contributed by atoms with Gasteiger partial charge in [0.1, 0.15) is 9.86 Å². The molecule has 0 radical (unpaired) electrons. The monoisotopic (exact) mass is 465 g/mol. The Bertz CT molecular complexity index is 1690. The maximum Gasteiger partial charge on any atom is 0.283 e. The Morgan fingerprint density at radius 2 is 1.64 bits per heavy atom. The van der Waals surface area contributed by atoms with E-state index in [2.05, 4.69) is 49.4 Å². The minimum absolute atomic E-state index is 0.126. The fourth-order valence-corrected chi connectivity index (χ4v) is 5.94. The van der Waals surface area contributed by atoms with E-state index in [0.29, 0.717) is 11.0 Å². The van der Waals surface area contributed by atoms with E-state index in [1.54, 1.807) is 11.8 Å². The zero-order valence-corrected chi connectivity index (χ0v) is 19.5. The molecule has 3 aromatic heterocycles. The lowest BCUT2D eigenvalue weighted by Crippen LogP contribution is -2.18. The molecule has 0 bridgehead atoms. The molecule has 0 aliphatic rings. The molecular formula is C27H19N3OS2. The Morgan fingerprint density at radius 1 is 0.909 bits per heavy atom. The summed E-state index contributed by atoms with van der Waals surface area (Å²) in [5.41, 5.74) is 4.81. The van der Waals surface area contributed by atoms with E-state index in [9.17, 15) is 4.79 Å². The second-order valence-electron chi connectivity index (χ2n) is 7.97. The zero-order valence-electron chi connectivity index (χ0n) is 17.9. The average molecular weight is 466 g/mol. The van der Waals surface area contributed by atoms with Crippen LogP contribution in [0.5, 0.6) is 0 Å². The molecule has 0 aliphatic heterocycles. The van der Waals surface area contributed by atoms with E-state index in [1.807, 2.05) is 41.8 Å². The zero-order chi connectivity index (χ0) is 22.4. The van der Waals surface area contributed by atoms with Crippen molar-refractivity contribution in [2.75, 3.05) is 0 Å². The number of benzene rings is 3. The molecule has 0 saturated carbocycles. The lowest BCUT2D eigenvalue weighted by molar-refractivity contribution is 0.836. The molecule has 0 atom stereocenters. The van der Waals surface area contributed by atoms with Crippen molar-refractivity contribution < 1.29 is 0 Å². The summed E-state index contributed by atoms with van der Waals surface area (Å²) in [6, 6.07) is 26.6. The number of thioether (sulfide) groups is 1. The van der Waals surface area contributed by atoms with E-state index in [0.717, 1.165) is 37.5 Å². The second-order valence-corrected chi connectivity index (χ2v) is 9.80. The van der Waals surface area contributed by atoms with Crippen LogP contribution in [-0.4, -0.2) is 14.6 Å². The molecule has 6 aromatic rings. The molecule has 6 rings (SSSR count). The first-order valence-electron chi connectivity index (χ1n) is 10.7. The molecule has 3 heterocycles. The molecule has 0 N–H and O–H groups in total. The maximum atomic E-state index is 13.7. The highest BCUT2D eigenvalue weighted by Gasteiger charge is 2.18. The smallest absolute Gasteiger partial charge is 0.267 e. The van der Waals surface area contributed by atoms with Crippen molar-refractivity contribution in [2.45, 2.75) is 17.7 Å². The van der Waals surface area contributed by atoms with Gasteiger partial charge in [-0.1, -0.05) is 96.2 Å². The van der Waals surface area contributed by atoms with E-state index in [-0.39, 0.29) is 5.56 Å². The first-order valence-corrected chi connectivity index (χ1v) is 12.5. The van der Waals surface area contributed by atoms with Gasteiger partial charge in [-0.15, -0.1) is 11.3 Å². The highest BCUT2D eigenvalue weighted by molar-refractivity contribution is 7.98. The Labute approximate surface area is 198 Å². The summed E-state index contributed by atoms with van der Waals surface area (Å²) in [5.74, 6) is 0.779. The topological polar surface area (TPSA) is 47.3 Å². The van der Waals surface area contributed by atoms with Crippen molar-refractivity contribution in [3.63, 3.8) is 0 Å². The molecule has 0 unspecified atom stereocenters. The largest absolute Gasteiger partial charge is 0.283 e. The number of aryl methyl sites for hydroxylation is 1. The molecule has 3 aromatic carbocycles. The van der Waals surface area contributed by atoms with Gasteiger partial charge in [0, 0.05) is 27.5 Å². The lowest BCUT2D eigenvalue weighted by Gasteiger charge is -2.10. The van der Waals surface area contributed by atoms with Crippen molar-refractivity contribution in [1.29, 1.82) is 0 Å². The van der Waals surface area contributed by atoms with Crippen molar-refractivity contribution in [1.82, 2.24) is 14.6 Å². The fraction of sp³-hybridized carbons (Fsp3) is 0.0741. The Hall–Kier alpha value is -3.48. The highest BCUT2D eigenvalue weighted by Crippen LogP contribution is 2.34. The van der Waals surface area contributed by atoms with Crippen LogP contribution in [0.1, 0.15) is 11.1 Å². The number of hydrogen-bond donors (Lipinski definition) is 0. The van der Waals surface area contributed by atoms with Gasteiger partial charge < -0.3 is 0 Å². The van der Waals surface area contributed by atoms with Gasteiger partial charge in [0.2, 0.25) is 0 Å². The second kappa shape index (κ2) is 8.14. The molecule has 0 aliphatic carbocycles. The third kappa shape index (κ3) is 3.52. The van der Waals surface area contributed by atoms with Gasteiger partial charge in [-0.3, -0.25) is 4.79 Å². The van der Waals surface area contributed by atoms with Crippen molar-refractivity contribution in [2.24, 2.45) is 0 Å². The van der Waals surface area contributed by atoms with Crippen LogP contribution in [0.3, 0.4) is 0 Å². The summed E-state index contributed by atoms with van der Waals surface area (Å²) >= 11 is 3.15. The summed E-state index contributed by atoms with van der Waals surface area (Å²) in [5, 5.41) is 10.2. The number of fused-ring (bicyclic) bond motifs is 4. The highest BCUT2D eigenvalue weighted by atomic mass is 32.2. The van der Waals surface area contributed by atoms with Gasteiger partial charge in [0.05, 0.1) is 5.39 Å². The predicted octanol–water partition coefficient (Wildman–Crippen LogP) is 6.73. The third-order valence-electron chi connectivity index (χ3n) is 5.76. The summed E-state index contributed by atoms with van der Waals surface area (Å²) in [6.07, 6.45) is 0. The number of rotatable bonds is 4. The maximum absolute atomic E-state index is 13.7. The molecule has 0 amide bonds. The Balaban J connectivity index is 1.58. The van der Waals surface area contributed by atoms with Crippen LogP contribution < -0.4 is 5.56 Å². The van der Waals surface area contributed by atoms with E-state index in [4.69, 9.17) is 10.1 Å². The lowest BCUT2D eigenvalue weighted by atomic mass is 10.1. The Morgan fingerprint density at radius 3 is 2.42 bits per heavy atom. The summed E-state index contributed by atoms with van der Waals surface area (Å²) in [4.78, 5) is 19.4. The van der Waals surface area contributed by atoms with Crippen LogP contribution in [-0.2, 0) is 5.75 Å². The van der Waals surface area contributed by atoms with Crippen LogP contribution in [0.2, 0.25) is 0 Å². The Kier molecular flexibility index (Phi) is 4.97. The predicted molar refractivity (Wildman–Crippen MR) is 138 cm³/mol. The number of aromatic nitrogens is 3. The molecule has 33 heavy (non-hydrogen) atoms. The number of nitrogens with zero attached hydrogens (tertiary/aromatic N) is 3. The first-order chi connectivity index (χ1) is 16.2. The van der Waals surface area contributed by atoms with Crippen molar-refractivity contribution >= 4 is 49.7 Å². The minimum Gasteiger partial charge on any atom is -0.267 e. The SMILES string of the molecule is Cc1ccc(-c2csc3nc4c5ccccc5c(SCc5ccccc5)nn4c(=O)c23)cc1. The molecule has 6 heteroatoms. The van der Waals surface area contributed by atoms with Gasteiger partial charge in [-0.2, -0.15) is 9.61 Å². The van der Waals surface area contributed by atoms with Gasteiger partial charge >= 0.3 is 0 Å². The van der Waals surface area contributed by atoms with Crippen LogP contribution in [0.15, 0.2) is 94.1 Å². The number of thiophene rings is 1. The van der Waals surface area contributed by atoms with E-state index in [1.165, 1.54) is 27.0 Å². The van der Waals surface area contributed by atoms with Gasteiger partial charge in [-0.25, -0.2) is 4.98 Å². The van der Waals surface area contributed by atoms with Crippen LogP contribution in [0.25, 0.3) is 37.8 Å². The molecular weight excluding hydrogens is 446 g/mol. The molecule has 160 valence electrons. The minimum atomic E-state index is -0.126. The summed E-state index contributed by atoms with van der Waals surface area (Å²) in [7, 11) is 0. The summed E-state index contributed by atoms with van der Waals surface area (Å²) in [6.45, 7) is 2.06. The van der Waals surface area contributed by atoms with Gasteiger partial charge in [-0.05, 0) is 18.1 Å². The molecule has 0 saturated heterocycles. The van der Waals surface area contributed by atoms with Crippen LogP contribution in [0, 0.1) is 6.92 Å². The van der Waals surface area contributed by atoms with E-state index >= 15 is 0 Å². The summed E-state index contributed by atoms with van der Waals surface area (Å²) < 4.78 is 1.49. The van der Waals surface area contributed by atoms with Crippen molar-refractivity contribution in [3.8, 4) is 11.1 Å². The quantitative estimate of drug-likeness (QED) is 0.214.